The van der Waals surface area contributed by atoms with E-state index in [9.17, 15) is 4.39 Å². The molecule has 0 heterocycles. The predicted molar refractivity (Wildman–Crippen MR) is 41.8 cm³/mol. The zero-order valence-electron chi connectivity index (χ0n) is 4.87. The van der Waals surface area contributed by atoms with Crippen LogP contribution in [-0.4, -0.2) is 7.85 Å². The topological polar surface area (TPSA) is 0 Å². The molecule has 1 rings (SSSR count). The first-order chi connectivity index (χ1) is 4.61. The standard InChI is InChI=1S/C6H2BCl2F/c7-3-1-5(9)6(10)2-4(3)8/h1-2H. The van der Waals surface area contributed by atoms with Gasteiger partial charge in [-0.15, -0.1) is 0 Å². The predicted octanol–water partition coefficient (Wildman–Crippen LogP) is 1.93. The Hall–Kier alpha value is -0.205. The van der Waals surface area contributed by atoms with Gasteiger partial charge in [0.25, 0.3) is 0 Å². The third-order valence-electron chi connectivity index (χ3n) is 1.04. The Balaban J connectivity index is 3.28. The van der Waals surface area contributed by atoms with Crippen LogP contribution in [0.1, 0.15) is 0 Å². The Kier molecular flexibility index (Phi) is 2.22. The van der Waals surface area contributed by atoms with Gasteiger partial charge < -0.3 is 0 Å². The molecule has 0 unspecified atom stereocenters. The summed E-state index contributed by atoms with van der Waals surface area (Å²) < 4.78 is 12.5. The lowest BCUT2D eigenvalue weighted by molar-refractivity contribution is 0.629. The molecular formula is C6H2BCl2F. The summed E-state index contributed by atoms with van der Waals surface area (Å²) in [5.74, 6) is -0.555. The fourth-order valence-corrected chi connectivity index (χ4v) is 0.860. The molecule has 50 valence electrons. The molecule has 0 nitrogen and oxygen atoms in total. The maximum atomic E-state index is 12.5. The van der Waals surface area contributed by atoms with Crippen molar-refractivity contribution < 1.29 is 4.39 Å². The van der Waals surface area contributed by atoms with Crippen LogP contribution in [0.25, 0.3) is 0 Å². The van der Waals surface area contributed by atoms with E-state index in [1.807, 2.05) is 0 Å². The second kappa shape index (κ2) is 2.81. The number of halogens is 3. The highest BCUT2D eigenvalue weighted by atomic mass is 35.5. The molecule has 0 amide bonds. The van der Waals surface area contributed by atoms with E-state index < -0.39 is 5.82 Å². The van der Waals surface area contributed by atoms with E-state index in [-0.39, 0.29) is 15.5 Å². The average Bonchev–Trinajstić information content (AvgIpc) is 1.84. The summed E-state index contributed by atoms with van der Waals surface area (Å²) in [6, 6.07) is 2.36. The third kappa shape index (κ3) is 1.44. The molecule has 1 aromatic rings. The van der Waals surface area contributed by atoms with E-state index in [4.69, 9.17) is 31.0 Å². The van der Waals surface area contributed by atoms with Crippen LogP contribution in [0.3, 0.4) is 0 Å². The van der Waals surface area contributed by atoms with Crippen LogP contribution in [0.4, 0.5) is 4.39 Å². The van der Waals surface area contributed by atoms with Gasteiger partial charge in [-0.05, 0) is 12.1 Å². The molecule has 1 aromatic carbocycles. The van der Waals surface area contributed by atoms with Crippen molar-refractivity contribution in [3.05, 3.63) is 28.0 Å². The lowest BCUT2D eigenvalue weighted by Gasteiger charge is -1.98. The van der Waals surface area contributed by atoms with Crippen LogP contribution in [0.5, 0.6) is 0 Å². The first kappa shape index (κ1) is 7.90. The van der Waals surface area contributed by atoms with Crippen LogP contribution < -0.4 is 5.46 Å². The Morgan fingerprint density at radius 1 is 1.20 bits per heavy atom. The van der Waals surface area contributed by atoms with Crippen molar-refractivity contribution in [2.45, 2.75) is 0 Å². The number of hydrogen-bond donors (Lipinski definition) is 0. The summed E-state index contributed by atoms with van der Waals surface area (Å²) in [5.41, 5.74) is 0.285. The van der Waals surface area contributed by atoms with Gasteiger partial charge in [-0.25, -0.2) is 4.39 Å². The van der Waals surface area contributed by atoms with Crippen molar-refractivity contribution in [1.82, 2.24) is 0 Å². The van der Waals surface area contributed by atoms with Crippen molar-refractivity contribution >= 4 is 36.5 Å². The van der Waals surface area contributed by atoms with Crippen LogP contribution in [0.15, 0.2) is 12.1 Å². The Morgan fingerprint density at radius 2 is 1.80 bits per heavy atom. The van der Waals surface area contributed by atoms with Gasteiger partial charge >= 0.3 is 0 Å². The van der Waals surface area contributed by atoms with Crippen LogP contribution in [0, 0.1) is 5.82 Å². The van der Waals surface area contributed by atoms with Gasteiger partial charge in [0.2, 0.25) is 0 Å². The smallest absolute Gasteiger partial charge is 0.143 e. The highest BCUT2D eigenvalue weighted by Gasteiger charge is 2.01. The molecule has 0 aliphatic carbocycles. The molecule has 0 saturated carbocycles. The van der Waals surface area contributed by atoms with Gasteiger partial charge in [0.1, 0.15) is 13.7 Å². The Labute approximate surface area is 69.4 Å². The number of rotatable bonds is 0. The highest BCUT2D eigenvalue weighted by Crippen LogP contribution is 2.15. The van der Waals surface area contributed by atoms with E-state index in [2.05, 4.69) is 0 Å². The molecule has 0 aromatic heterocycles. The van der Waals surface area contributed by atoms with Crippen LogP contribution in [-0.2, 0) is 0 Å². The molecule has 0 aliphatic heterocycles. The van der Waals surface area contributed by atoms with E-state index in [0.29, 0.717) is 0 Å². The molecular weight excluding hydrogens is 173 g/mol. The summed E-state index contributed by atoms with van der Waals surface area (Å²) in [5, 5.41) is 0.170. The molecule has 0 saturated heterocycles. The monoisotopic (exact) mass is 174 g/mol. The minimum Gasteiger partial charge on any atom is -0.205 e. The largest absolute Gasteiger partial charge is 0.205 e. The maximum Gasteiger partial charge on any atom is 0.143 e. The van der Waals surface area contributed by atoms with Gasteiger partial charge in [0.05, 0.1) is 5.02 Å². The molecule has 0 spiro atoms. The SMILES string of the molecule is [B]c1cc(Cl)c(F)cc1Cl. The fraction of sp³-hybridized carbons (Fsp3) is 0. The van der Waals surface area contributed by atoms with E-state index in [0.717, 1.165) is 6.07 Å². The van der Waals surface area contributed by atoms with Gasteiger partial charge in [0, 0.05) is 5.02 Å². The van der Waals surface area contributed by atoms with Crippen molar-refractivity contribution in [3.8, 4) is 0 Å². The maximum absolute atomic E-state index is 12.5. The summed E-state index contributed by atoms with van der Waals surface area (Å²) >= 11 is 10.8. The molecule has 0 atom stereocenters. The zero-order chi connectivity index (χ0) is 7.72. The van der Waals surface area contributed by atoms with Crippen LogP contribution >= 0.6 is 23.2 Å². The van der Waals surface area contributed by atoms with E-state index in [1.54, 1.807) is 0 Å². The zero-order valence-corrected chi connectivity index (χ0v) is 6.38. The van der Waals surface area contributed by atoms with Gasteiger partial charge in [-0.1, -0.05) is 28.7 Å². The fourth-order valence-electron chi connectivity index (χ4n) is 0.538. The summed E-state index contributed by atoms with van der Waals surface area (Å²) in [6.07, 6.45) is 0. The van der Waals surface area contributed by atoms with Crippen molar-refractivity contribution in [3.63, 3.8) is 0 Å². The molecule has 0 aliphatic rings. The van der Waals surface area contributed by atoms with E-state index in [1.165, 1.54) is 6.07 Å². The molecule has 0 bridgehead atoms. The normalized spacial score (nSPS) is 9.90. The van der Waals surface area contributed by atoms with Gasteiger partial charge in [0.15, 0.2) is 0 Å². The molecule has 0 N–H and O–H groups in total. The Morgan fingerprint density at radius 3 is 2.30 bits per heavy atom. The molecule has 10 heavy (non-hydrogen) atoms. The van der Waals surface area contributed by atoms with Gasteiger partial charge in [-0.2, -0.15) is 0 Å². The summed E-state index contributed by atoms with van der Waals surface area (Å²) in [6.45, 7) is 0. The molecule has 0 fully saturated rings. The Bertz CT molecular complexity index is 212. The van der Waals surface area contributed by atoms with Crippen LogP contribution in [0.2, 0.25) is 10.0 Å². The number of hydrogen-bond acceptors (Lipinski definition) is 0. The third-order valence-corrected chi connectivity index (χ3v) is 1.66. The summed E-state index contributed by atoms with van der Waals surface area (Å²) in [7, 11) is 5.31. The molecule has 2 radical (unpaired) electrons. The second-order valence-electron chi connectivity index (χ2n) is 1.79. The van der Waals surface area contributed by atoms with Gasteiger partial charge in [-0.3, -0.25) is 0 Å². The first-order valence-corrected chi connectivity index (χ1v) is 3.27. The summed E-state index contributed by atoms with van der Waals surface area (Å²) in [4.78, 5) is 0. The quantitative estimate of drug-likeness (QED) is 0.417. The van der Waals surface area contributed by atoms with Crippen molar-refractivity contribution in [2.24, 2.45) is 0 Å². The number of benzene rings is 1. The van der Waals surface area contributed by atoms with Crippen molar-refractivity contribution in [1.29, 1.82) is 0 Å². The highest BCUT2D eigenvalue weighted by molar-refractivity contribution is 6.46. The van der Waals surface area contributed by atoms with E-state index >= 15 is 0 Å². The lowest BCUT2D eigenvalue weighted by atomic mass is 9.96. The molecule has 4 heteroatoms. The minimum absolute atomic E-state index is 0.0121. The average molecular weight is 175 g/mol. The first-order valence-electron chi connectivity index (χ1n) is 2.51. The lowest BCUT2D eigenvalue weighted by Crippen LogP contribution is -2.03. The van der Waals surface area contributed by atoms with Crippen molar-refractivity contribution in [2.75, 3.05) is 0 Å². The second-order valence-corrected chi connectivity index (χ2v) is 2.60. The minimum atomic E-state index is -0.555.